The van der Waals surface area contributed by atoms with E-state index in [2.05, 4.69) is 15.8 Å². The lowest BCUT2D eigenvalue weighted by atomic mass is 10.2. The van der Waals surface area contributed by atoms with Gasteiger partial charge in [0.15, 0.2) is 0 Å². The highest BCUT2D eigenvalue weighted by atomic mass is 35.5. The van der Waals surface area contributed by atoms with E-state index in [4.69, 9.17) is 39.5 Å². The molecule has 10 heteroatoms. The summed E-state index contributed by atoms with van der Waals surface area (Å²) in [7, 11) is 0. The van der Waals surface area contributed by atoms with Gasteiger partial charge in [0.1, 0.15) is 18.2 Å². The Morgan fingerprint density at radius 3 is 2.31 bits per heavy atom. The maximum Gasteiger partial charge on any atom is 0.329 e. The van der Waals surface area contributed by atoms with Crippen molar-refractivity contribution in [1.82, 2.24) is 5.43 Å². The Balaban J connectivity index is 1.51. The molecule has 0 atom stereocenters. The van der Waals surface area contributed by atoms with Gasteiger partial charge in [0.25, 0.3) is 0 Å². The highest BCUT2D eigenvalue weighted by molar-refractivity contribution is 6.40. The fourth-order valence-corrected chi connectivity index (χ4v) is 3.25. The number of ether oxygens (including phenoxy) is 1. The number of nitrogens with one attached hydrogen (secondary N) is 2. The normalized spacial score (nSPS) is 10.8. The van der Waals surface area contributed by atoms with Crippen molar-refractivity contribution in [1.29, 1.82) is 0 Å². The van der Waals surface area contributed by atoms with Gasteiger partial charge in [-0.2, -0.15) is 5.10 Å². The van der Waals surface area contributed by atoms with Gasteiger partial charge < -0.3 is 10.1 Å². The van der Waals surface area contributed by atoms with Gasteiger partial charge in [-0.05, 0) is 60.2 Å². The topological polar surface area (TPSA) is 79.8 Å². The van der Waals surface area contributed by atoms with Gasteiger partial charge >= 0.3 is 11.8 Å². The lowest BCUT2D eigenvalue weighted by Crippen LogP contribution is -2.32. The third-order valence-electron chi connectivity index (χ3n) is 4.03. The average Bonchev–Trinajstić information content (AvgIpc) is 2.73. The van der Waals surface area contributed by atoms with Gasteiger partial charge in [-0.25, -0.2) is 9.82 Å². The fraction of sp³-hybridized carbons (Fsp3) is 0.0455. The molecule has 164 valence electrons. The zero-order valence-electron chi connectivity index (χ0n) is 16.2. The Hall–Kier alpha value is -3.13. The van der Waals surface area contributed by atoms with Gasteiger partial charge in [0.2, 0.25) is 0 Å². The molecule has 0 bridgehead atoms. The van der Waals surface area contributed by atoms with Crippen LogP contribution in [0.2, 0.25) is 15.1 Å². The number of nitrogens with zero attached hydrogens (tertiary/aromatic N) is 1. The van der Waals surface area contributed by atoms with Crippen LogP contribution in [0.1, 0.15) is 11.1 Å². The van der Waals surface area contributed by atoms with Gasteiger partial charge in [-0.3, -0.25) is 9.59 Å². The molecule has 3 aromatic rings. The molecule has 0 aliphatic heterocycles. The van der Waals surface area contributed by atoms with Crippen LogP contribution in [0.4, 0.5) is 10.1 Å². The van der Waals surface area contributed by atoms with Crippen LogP contribution in [0.5, 0.6) is 5.75 Å². The van der Waals surface area contributed by atoms with Crippen molar-refractivity contribution in [2.24, 2.45) is 5.10 Å². The smallest absolute Gasteiger partial charge is 0.329 e. The van der Waals surface area contributed by atoms with E-state index in [0.717, 1.165) is 0 Å². The van der Waals surface area contributed by atoms with E-state index in [1.54, 1.807) is 30.3 Å². The van der Waals surface area contributed by atoms with Crippen LogP contribution in [0.25, 0.3) is 0 Å². The fourth-order valence-electron chi connectivity index (χ4n) is 2.51. The molecule has 0 aliphatic carbocycles. The average molecular weight is 495 g/mol. The van der Waals surface area contributed by atoms with Crippen LogP contribution in [-0.2, 0) is 16.2 Å². The van der Waals surface area contributed by atoms with E-state index in [9.17, 15) is 14.0 Å². The Morgan fingerprint density at radius 1 is 0.969 bits per heavy atom. The zero-order valence-corrected chi connectivity index (χ0v) is 18.5. The number of halogens is 4. The second-order valence-electron chi connectivity index (χ2n) is 6.37. The maximum atomic E-state index is 13.8. The summed E-state index contributed by atoms with van der Waals surface area (Å²) >= 11 is 17.7. The molecule has 0 spiro atoms. The van der Waals surface area contributed by atoms with Crippen LogP contribution < -0.4 is 15.5 Å². The summed E-state index contributed by atoms with van der Waals surface area (Å²) in [5.41, 5.74) is 3.29. The van der Waals surface area contributed by atoms with E-state index in [-0.39, 0.29) is 22.9 Å². The number of anilines is 1. The second-order valence-corrected chi connectivity index (χ2v) is 7.65. The first-order valence-corrected chi connectivity index (χ1v) is 10.2. The largest absolute Gasteiger partial charge is 0.489 e. The van der Waals surface area contributed by atoms with Gasteiger partial charge in [-0.1, -0.05) is 40.9 Å². The molecule has 3 rings (SSSR count). The molecule has 32 heavy (non-hydrogen) atoms. The Labute approximate surface area is 197 Å². The lowest BCUT2D eigenvalue weighted by molar-refractivity contribution is -0.136. The van der Waals surface area contributed by atoms with Crippen molar-refractivity contribution in [3.8, 4) is 5.75 Å². The zero-order chi connectivity index (χ0) is 23.1. The standard InChI is InChI=1S/C22H15Cl3FN3O3/c23-14-8-15(24)10-16(9-14)28-21(30)22(31)29-27-11-13-4-6-17(7-5-13)32-12-18-19(25)2-1-3-20(18)26/h1-11H,12H2,(H,28,30)(H,29,31). The number of hydrazone groups is 1. The van der Waals surface area contributed by atoms with E-state index >= 15 is 0 Å². The van der Waals surface area contributed by atoms with Gasteiger partial charge in [0, 0.05) is 21.3 Å². The van der Waals surface area contributed by atoms with Crippen LogP contribution in [0, 0.1) is 5.82 Å². The summed E-state index contributed by atoms with van der Waals surface area (Å²) in [6.45, 7) is -0.0258. The number of rotatable bonds is 6. The molecule has 0 saturated carbocycles. The molecule has 0 heterocycles. The lowest BCUT2D eigenvalue weighted by Gasteiger charge is -2.09. The summed E-state index contributed by atoms with van der Waals surface area (Å²) in [4.78, 5) is 23.8. The first-order chi connectivity index (χ1) is 15.3. The van der Waals surface area contributed by atoms with Crippen molar-refractivity contribution >= 4 is 58.5 Å². The van der Waals surface area contributed by atoms with E-state index < -0.39 is 17.6 Å². The number of hydrogen-bond acceptors (Lipinski definition) is 4. The quantitative estimate of drug-likeness (QED) is 0.271. The molecule has 2 N–H and O–H groups in total. The predicted molar refractivity (Wildman–Crippen MR) is 123 cm³/mol. The number of carbonyl (C=O) groups is 2. The highest BCUT2D eigenvalue weighted by Gasteiger charge is 2.13. The molecule has 0 saturated heterocycles. The molecule has 6 nitrogen and oxygen atoms in total. The van der Waals surface area contributed by atoms with Gasteiger partial charge in [-0.15, -0.1) is 0 Å². The van der Waals surface area contributed by atoms with E-state index in [1.807, 2.05) is 0 Å². The Bertz CT molecular complexity index is 1130. The molecular formula is C22H15Cl3FN3O3. The van der Waals surface area contributed by atoms with Crippen LogP contribution >= 0.6 is 34.8 Å². The number of benzene rings is 3. The minimum atomic E-state index is -0.973. The molecule has 0 fully saturated rings. The molecular weight excluding hydrogens is 480 g/mol. The minimum absolute atomic E-state index is 0.0258. The van der Waals surface area contributed by atoms with Crippen LogP contribution in [0.3, 0.4) is 0 Å². The monoisotopic (exact) mass is 493 g/mol. The summed E-state index contributed by atoms with van der Waals surface area (Å²) in [5.74, 6) is -1.86. The molecule has 0 unspecified atom stereocenters. The van der Waals surface area contributed by atoms with Crippen molar-refractivity contribution < 1.29 is 18.7 Å². The van der Waals surface area contributed by atoms with Crippen molar-refractivity contribution in [3.05, 3.63) is 92.7 Å². The molecule has 0 radical (unpaired) electrons. The number of carbonyl (C=O) groups excluding carboxylic acids is 2. The van der Waals surface area contributed by atoms with E-state index in [0.29, 0.717) is 21.4 Å². The third kappa shape index (κ3) is 6.68. The summed E-state index contributed by atoms with van der Waals surface area (Å²) in [6.07, 6.45) is 1.35. The second kappa shape index (κ2) is 10.9. The Kier molecular flexibility index (Phi) is 8.05. The summed E-state index contributed by atoms with van der Waals surface area (Å²) in [5, 5.41) is 7.02. The van der Waals surface area contributed by atoms with Crippen molar-refractivity contribution in [3.63, 3.8) is 0 Å². The van der Waals surface area contributed by atoms with Gasteiger partial charge in [0.05, 0.1) is 11.2 Å². The van der Waals surface area contributed by atoms with Crippen molar-refractivity contribution in [2.45, 2.75) is 6.61 Å². The SMILES string of the molecule is O=C(NN=Cc1ccc(OCc2c(F)cccc2Cl)cc1)C(=O)Nc1cc(Cl)cc(Cl)c1. The molecule has 0 aliphatic rings. The highest BCUT2D eigenvalue weighted by Crippen LogP contribution is 2.23. The number of hydrogen-bond donors (Lipinski definition) is 2. The minimum Gasteiger partial charge on any atom is -0.489 e. The Morgan fingerprint density at radius 2 is 1.66 bits per heavy atom. The molecule has 0 aromatic heterocycles. The summed E-state index contributed by atoms with van der Waals surface area (Å²) < 4.78 is 19.3. The third-order valence-corrected chi connectivity index (χ3v) is 4.82. The molecule has 2 amide bonds. The van der Waals surface area contributed by atoms with E-state index in [1.165, 1.54) is 36.5 Å². The van der Waals surface area contributed by atoms with Crippen LogP contribution in [-0.4, -0.2) is 18.0 Å². The number of amides is 2. The molecule has 3 aromatic carbocycles. The first-order valence-electron chi connectivity index (χ1n) is 9.08. The predicted octanol–water partition coefficient (Wildman–Crippen LogP) is 5.45. The van der Waals surface area contributed by atoms with Crippen LogP contribution in [0.15, 0.2) is 65.8 Å². The summed E-state index contributed by atoms with van der Waals surface area (Å²) in [6, 6.07) is 15.4. The first kappa shape index (κ1) is 23.5. The van der Waals surface area contributed by atoms with Crippen molar-refractivity contribution in [2.75, 3.05) is 5.32 Å². The maximum absolute atomic E-state index is 13.8.